The summed E-state index contributed by atoms with van der Waals surface area (Å²) in [6.45, 7) is 3.80. The Bertz CT molecular complexity index is 1060. The van der Waals surface area contributed by atoms with Crippen molar-refractivity contribution < 1.29 is 19.4 Å². The molecule has 1 unspecified atom stereocenters. The number of halogens is 2. The van der Waals surface area contributed by atoms with Crippen LogP contribution in [0.1, 0.15) is 29.5 Å². The highest BCUT2D eigenvalue weighted by Gasteiger charge is 2.59. The molecule has 29 heavy (non-hydrogen) atoms. The zero-order valence-electron chi connectivity index (χ0n) is 15.9. The number of carbonyl (C=O) groups excluding carboxylic acids is 1. The number of nitrogens with zero attached hydrogens (tertiary/aromatic N) is 1. The molecule has 1 aromatic heterocycles. The van der Waals surface area contributed by atoms with E-state index in [0.29, 0.717) is 21.4 Å². The molecule has 0 spiro atoms. The predicted molar refractivity (Wildman–Crippen MR) is 110 cm³/mol. The summed E-state index contributed by atoms with van der Waals surface area (Å²) in [5, 5.41) is 11.7. The van der Waals surface area contributed by atoms with Crippen molar-refractivity contribution in [3.8, 4) is 11.6 Å². The Morgan fingerprint density at radius 1 is 1.10 bits per heavy atom. The number of aromatic nitrogens is 1. The molecule has 2 saturated heterocycles. The summed E-state index contributed by atoms with van der Waals surface area (Å²) >= 11 is 12.0. The molecule has 2 aromatic rings. The van der Waals surface area contributed by atoms with Crippen LogP contribution in [0.2, 0.25) is 10.0 Å². The van der Waals surface area contributed by atoms with Gasteiger partial charge in [0.1, 0.15) is 16.5 Å². The third kappa shape index (κ3) is 2.87. The molecule has 3 heterocycles. The van der Waals surface area contributed by atoms with Crippen molar-refractivity contribution >= 4 is 34.6 Å². The lowest BCUT2D eigenvalue weighted by Gasteiger charge is -2.19. The van der Waals surface area contributed by atoms with E-state index in [1.54, 1.807) is 6.07 Å². The quantitative estimate of drug-likeness (QED) is 0.699. The Hall–Kier alpha value is -2.08. The lowest BCUT2D eigenvalue weighted by molar-refractivity contribution is -0.118. The summed E-state index contributed by atoms with van der Waals surface area (Å²) in [7, 11) is 0. The van der Waals surface area contributed by atoms with Gasteiger partial charge in [0.05, 0.1) is 34.6 Å². The molecule has 3 aliphatic rings. The molecule has 7 heteroatoms. The number of aliphatic hydroxyl groups is 1. The molecule has 1 N–H and O–H groups in total. The van der Waals surface area contributed by atoms with Crippen LogP contribution in [0.25, 0.3) is 5.57 Å². The molecule has 2 aliphatic heterocycles. The molecule has 1 aliphatic carbocycles. The number of benzene rings is 1. The molecule has 4 atom stereocenters. The zero-order valence-corrected chi connectivity index (χ0v) is 17.4. The summed E-state index contributed by atoms with van der Waals surface area (Å²) in [6.07, 6.45) is 3.13. The van der Waals surface area contributed by atoms with E-state index in [9.17, 15) is 9.90 Å². The van der Waals surface area contributed by atoms with Gasteiger partial charge in [0.25, 0.3) is 0 Å². The number of Topliss-reactive ketones (excluding diaryl/α,β-unsaturated/α-hetero) is 1. The average Bonchev–Trinajstić information content (AvgIpc) is 3.33. The van der Waals surface area contributed by atoms with Gasteiger partial charge in [0.2, 0.25) is 5.88 Å². The molecule has 1 aromatic carbocycles. The minimum absolute atomic E-state index is 0.0121. The standard InChI is InChI=1S/C22H19Cl2NO4/c1-9-5-12(28-22-13(24)7-11(23)8-25-22)6-10(2)16(9)19-20(26)17-14-3-4-15(29-14)18(17)21(19)27/h5-8,14-15,17-18,26H,3-4H2,1-2H3/t14-,15+,17?,18+/m1/s1. The van der Waals surface area contributed by atoms with E-state index in [0.717, 1.165) is 29.5 Å². The number of ether oxygens (including phenoxy) is 2. The lowest BCUT2D eigenvalue weighted by atomic mass is 9.80. The van der Waals surface area contributed by atoms with Crippen LogP contribution in [0.3, 0.4) is 0 Å². The van der Waals surface area contributed by atoms with Crippen LogP contribution in [0.15, 0.2) is 30.2 Å². The maximum Gasteiger partial charge on any atom is 0.238 e. The van der Waals surface area contributed by atoms with E-state index in [2.05, 4.69) is 4.98 Å². The first-order valence-corrected chi connectivity index (χ1v) is 10.3. The van der Waals surface area contributed by atoms with Crippen LogP contribution in [0.4, 0.5) is 0 Å². The van der Waals surface area contributed by atoms with Crippen molar-refractivity contribution in [2.45, 2.75) is 38.9 Å². The molecule has 2 bridgehead atoms. The van der Waals surface area contributed by atoms with Gasteiger partial charge in [0.15, 0.2) is 5.78 Å². The molecule has 150 valence electrons. The van der Waals surface area contributed by atoms with Gasteiger partial charge in [-0.25, -0.2) is 4.98 Å². The van der Waals surface area contributed by atoms with Crippen molar-refractivity contribution in [1.29, 1.82) is 0 Å². The topological polar surface area (TPSA) is 68.7 Å². The Labute approximate surface area is 178 Å². The van der Waals surface area contributed by atoms with Crippen LogP contribution >= 0.6 is 23.2 Å². The van der Waals surface area contributed by atoms with Gasteiger partial charge in [-0.2, -0.15) is 0 Å². The predicted octanol–water partition coefficient (Wildman–Crippen LogP) is 5.44. The number of allylic oxidation sites excluding steroid dienone is 1. The molecule has 5 nitrogen and oxygen atoms in total. The lowest BCUT2D eigenvalue weighted by Crippen LogP contribution is -2.29. The Kier molecular flexibility index (Phi) is 4.39. The Morgan fingerprint density at radius 3 is 2.38 bits per heavy atom. The van der Waals surface area contributed by atoms with Crippen molar-refractivity contribution in [2.75, 3.05) is 0 Å². The van der Waals surface area contributed by atoms with Crippen molar-refractivity contribution in [2.24, 2.45) is 11.8 Å². The fraction of sp³-hybridized carbons (Fsp3) is 0.364. The number of ketones is 1. The molecule has 0 amide bonds. The number of carbonyl (C=O) groups is 1. The molecular formula is C22H19Cl2NO4. The minimum Gasteiger partial charge on any atom is -0.511 e. The van der Waals surface area contributed by atoms with Crippen molar-refractivity contribution in [1.82, 2.24) is 4.98 Å². The third-order valence-corrected chi connectivity index (χ3v) is 6.62. The summed E-state index contributed by atoms with van der Waals surface area (Å²) in [5.41, 5.74) is 2.88. The first-order chi connectivity index (χ1) is 13.8. The van der Waals surface area contributed by atoms with E-state index in [-0.39, 0.29) is 41.5 Å². The fourth-order valence-electron chi connectivity index (χ4n) is 5.03. The molecular weight excluding hydrogens is 413 g/mol. The maximum atomic E-state index is 13.2. The van der Waals surface area contributed by atoms with Crippen molar-refractivity contribution in [3.63, 3.8) is 0 Å². The number of hydrogen-bond acceptors (Lipinski definition) is 5. The minimum atomic E-state index is -0.254. The van der Waals surface area contributed by atoms with E-state index >= 15 is 0 Å². The van der Waals surface area contributed by atoms with Gasteiger partial charge in [-0.1, -0.05) is 23.2 Å². The summed E-state index contributed by atoms with van der Waals surface area (Å²) in [6, 6.07) is 5.21. The van der Waals surface area contributed by atoms with Crippen LogP contribution in [0.5, 0.6) is 11.6 Å². The van der Waals surface area contributed by atoms with Crippen LogP contribution in [-0.4, -0.2) is 28.1 Å². The summed E-state index contributed by atoms with van der Waals surface area (Å²) in [5.74, 6) is 0.509. The zero-order chi connectivity index (χ0) is 20.4. The number of hydrogen-bond donors (Lipinski definition) is 1. The van der Waals surface area contributed by atoms with Crippen LogP contribution in [0, 0.1) is 25.7 Å². The third-order valence-electron chi connectivity index (χ3n) is 6.14. The van der Waals surface area contributed by atoms with Gasteiger partial charge in [-0.05, 0) is 61.6 Å². The second-order valence-corrected chi connectivity index (χ2v) is 8.78. The second-order valence-electron chi connectivity index (χ2n) is 7.94. The average molecular weight is 432 g/mol. The van der Waals surface area contributed by atoms with Gasteiger partial charge < -0.3 is 14.6 Å². The highest BCUT2D eigenvalue weighted by molar-refractivity contribution is 6.35. The largest absolute Gasteiger partial charge is 0.511 e. The summed E-state index contributed by atoms with van der Waals surface area (Å²) < 4.78 is 11.7. The van der Waals surface area contributed by atoms with E-state index < -0.39 is 0 Å². The van der Waals surface area contributed by atoms with Gasteiger partial charge in [0, 0.05) is 6.20 Å². The molecule has 5 rings (SSSR count). The first-order valence-electron chi connectivity index (χ1n) is 9.58. The monoisotopic (exact) mass is 431 g/mol. The number of rotatable bonds is 3. The van der Waals surface area contributed by atoms with E-state index in [1.807, 2.05) is 26.0 Å². The maximum absolute atomic E-state index is 13.2. The SMILES string of the molecule is Cc1cc(Oc2ncc(Cl)cc2Cl)cc(C)c1C1=C(O)C2[C@@H](C1=O)[C@@H]1CC[C@H]2O1. The van der Waals surface area contributed by atoms with Gasteiger partial charge >= 0.3 is 0 Å². The number of pyridine rings is 1. The van der Waals surface area contributed by atoms with Gasteiger partial charge in [-0.15, -0.1) is 0 Å². The number of aryl methyl sites for hydroxylation is 2. The molecule has 0 saturated carbocycles. The van der Waals surface area contributed by atoms with Gasteiger partial charge in [-0.3, -0.25) is 4.79 Å². The Balaban J connectivity index is 1.51. The van der Waals surface area contributed by atoms with Crippen LogP contribution < -0.4 is 4.74 Å². The normalized spacial score (nSPS) is 27.7. The Morgan fingerprint density at radius 2 is 1.76 bits per heavy atom. The highest BCUT2D eigenvalue weighted by atomic mass is 35.5. The smallest absolute Gasteiger partial charge is 0.238 e. The number of aliphatic hydroxyl groups excluding tert-OH is 1. The highest BCUT2D eigenvalue weighted by Crippen LogP contribution is 2.54. The van der Waals surface area contributed by atoms with Crippen molar-refractivity contribution in [3.05, 3.63) is 56.9 Å². The van der Waals surface area contributed by atoms with Crippen LogP contribution in [-0.2, 0) is 9.53 Å². The fourth-order valence-corrected chi connectivity index (χ4v) is 5.45. The molecule has 2 fully saturated rings. The van der Waals surface area contributed by atoms with E-state index in [4.69, 9.17) is 32.7 Å². The van der Waals surface area contributed by atoms with E-state index in [1.165, 1.54) is 6.20 Å². The molecule has 0 radical (unpaired) electrons. The summed E-state index contributed by atoms with van der Waals surface area (Å²) in [4.78, 5) is 17.3. The first kappa shape index (κ1) is 18.9. The second kappa shape index (κ2) is 6.73. The number of fused-ring (bicyclic) bond motifs is 5.